The van der Waals surface area contributed by atoms with Crippen LogP contribution in [0.15, 0.2) is 36.5 Å². The van der Waals surface area contributed by atoms with Gasteiger partial charge in [-0.25, -0.2) is 4.98 Å². The molecule has 1 fully saturated rings. The van der Waals surface area contributed by atoms with Gasteiger partial charge in [0.05, 0.1) is 21.3 Å². The molecule has 1 saturated heterocycles. The molecule has 1 aliphatic rings. The molecule has 0 N–H and O–H groups in total. The summed E-state index contributed by atoms with van der Waals surface area (Å²) in [5.41, 5.74) is 1.10. The second kappa shape index (κ2) is 8.07. The molecule has 1 aromatic carbocycles. The van der Waals surface area contributed by atoms with Crippen LogP contribution in [-0.2, 0) is 6.54 Å². The molecule has 3 rings (SSSR count). The highest BCUT2D eigenvalue weighted by atomic mass is 16.5. The van der Waals surface area contributed by atoms with Crippen molar-refractivity contribution in [2.75, 3.05) is 52.4 Å². The maximum Gasteiger partial charge on any atom is 0.164 e. The summed E-state index contributed by atoms with van der Waals surface area (Å²) < 4.78 is 16.3. The van der Waals surface area contributed by atoms with Crippen molar-refractivity contribution in [2.45, 2.75) is 6.54 Å². The minimum absolute atomic E-state index is 0.683. The normalized spacial score (nSPS) is 15.1. The summed E-state index contributed by atoms with van der Waals surface area (Å²) in [7, 11) is 4.97. The molecule has 2 heterocycles. The molecule has 25 heavy (non-hydrogen) atoms. The van der Waals surface area contributed by atoms with Crippen LogP contribution in [0.2, 0.25) is 0 Å². The van der Waals surface area contributed by atoms with E-state index in [4.69, 9.17) is 14.2 Å². The van der Waals surface area contributed by atoms with Gasteiger partial charge in [0.25, 0.3) is 0 Å². The molecular formula is C19H25N3O3. The van der Waals surface area contributed by atoms with E-state index in [1.807, 2.05) is 30.5 Å². The van der Waals surface area contributed by atoms with Crippen molar-refractivity contribution < 1.29 is 14.2 Å². The van der Waals surface area contributed by atoms with E-state index in [2.05, 4.69) is 20.9 Å². The molecule has 0 atom stereocenters. The first-order valence-electron chi connectivity index (χ1n) is 8.42. The number of benzene rings is 1. The second-order valence-corrected chi connectivity index (χ2v) is 5.97. The molecule has 0 radical (unpaired) electrons. The second-order valence-electron chi connectivity index (χ2n) is 5.97. The highest BCUT2D eigenvalue weighted by Crippen LogP contribution is 2.35. The van der Waals surface area contributed by atoms with Gasteiger partial charge in [0.15, 0.2) is 11.5 Å². The predicted octanol–water partition coefficient (Wildman–Crippen LogP) is 2.43. The van der Waals surface area contributed by atoms with E-state index >= 15 is 0 Å². The van der Waals surface area contributed by atoms with Gasteiger partial charge in [-0.05, 0) is 18.2 Å². The van der Waals surface area contributed by atoms with Crippen molar-refractivity contribution in [2.24, 2.45) is 0 Å². The van der Waals surface area contributed by atoms with Crippen LogP contribution in [0, 0.1) is 0 Å². The highest BCUT2D eigenvalue weighted by Gasteiger charge is 2.20. The van der Waals surface area contributed by atoms with Crippen molar-refractivity contribution in [3.63, 3.8) is 0 Å². The van der Waals surface area contributed by atoms with Gasteiger partial charge in [0.1, 0.15) is 11.6 Å². The topological polar surface area (TPSA) is 47.1 Å². The molecule has 2 aromatic rings. The summed E-state index contributed by atoms with van der Waals surface area (Å²) in [5.74, 6) is 3.28. The lowest BCUT2D eigenvalue weighted by Crippen LogP contribution is -2.46. The van der Waals surface area contributed by atoms with E-state index in [9.17, 15) is 0 Å². The van der Waals surface area contributed by atoms with Gasteiger partial charge in [-0.3, -0.25) is 4.90 Å². The van der Waals surface area contributed by atoms with Crippen molar-refractivity contribution in [1.82, 2.24) is 9.88 Å². The zero-order chi connectivity index (χ0) is 17.6. The van der Waals surface area contributed by atoms with Crippen LogP contribution in [0.5, 0.6) is 17.2 Å². The Morgan fingerprint density at radius 2 is 1.56 bits per heavy atom. The zero-order valence-electron chi connectivity index (χ0n) is 15.1. The van der Waals surface area contributed by atoms with Crippen LogP contribution in [0.25, 0.3) is 0 Å². The monoisotopic (exact) mass is 343 g/mol. The predicted molar refractivity (Wildman–Crippen MR) is 97.8 cm³/mol. The fourth-order valence-electron chi connectivity index (χ4n) is 3.13. The Morgan fingerprint density at radius 1 is 0.880 bits per heavy atom. The number of hydrogen-bond donors (Lipinski definition) is 0. The van der Waals surface area contributed by atoms with Crippen molar-refractivity contribution in [3.05, 3.63) is 42.1 Å². The van der Waals surface area contributed by atoms with Crippen LogP contribution >= 0.6 is 0 Å². The molecule has 6 heteroatoms. The standard InChI is InChI=1S/C19H25N3O3/c1-23-16-13-18(25-3)17(24-2)12-15(16)14-21-8-10-22(11-9-21)19-6-4-5-7-20-19/h4-7,12-13H,8-11,14H2,1-3H3. The molecule has 0 aliphatic carbocycles. The minimum atomic E-state index is 0.683. The van der Waals surface area contributed by atoms with Crippen LogP contribution in [-0.4, -0.2) is 57.4 Å². The van der Waals surface area contributed by atoms with Gasteiger partial charge in [0.2, 0.25) is 0 Å². The first-order valence-corrected chi connectivity index (χ1v) is 8.42. The minimum Gasteiger partial charge on any atom is -0.496 e. The first-order chi connectivity index (χ1) is 12.2. The maximum atomic E-state index is 5.54. The van der Waals surface area contributed by atoms with Crippen LogP contribution in [0.4, 0.5) is 5.82 Å². The Balaban J connectivity index is 1.67. The Hall–Kier alpha value is -2.47. The summed E-state index contributed by atoms with van der Waals surface area (Å²) >= 11 is 0. The summed E-state index contributed by atoms with van der Waals surface area (Å²) in [6.45, 7) is 4.71. The molecule has 6 nitrogen and oxygen atoms in total. The maximum absolute atomic E-state index is 5.54. The lowest BCUT2D eigenvalue weighted by Gasteiger charge is -2.35. The molecule has 1 aliphatic heterocycles. The van der Waals surface area contributed by atoms with Gasteiger partial charge in [0, 0.05) is 50.6 Å². The number of anilines is 1. The summed E-state index contributed by atoms with van der Waals surface area (Å²) in [6.07, 6.45) is 1.84. The van der Waals surface area contributed by atoms with E-state index in [1.54, 1.807) is 21.3 Å². The Morgan fingerprint density at radius 3 is 2.16 bits per heavy atom. The SMILES string of the molecule is COc1cc(OC)c(OC)cc1CN1CCN(c2ccccn2)CC1. The number of rotatable bonds is 6. The third kappa shape index (κ3) is 3.96. The number of piperazine rings is 1. The number of hydrogen-bond acceptors (Lipinski definition) is 6. The van der Waals surface area contributed by atoms with Crippen LogP contribution in [0.1, 0.15) is 5.56 Å². The molecular weight excluding hydrogens is 318 g/mol. The largest absolute Gasteiger partial charge is 0.496 e. The Bertz CT molecular complexity index is 686. The number of pyridine rings is 1. The van der Waals surface area contributed by atoms with E-state index in [-0.39, 0.29) is 0 Å². The summed E-state index contributed by atoms with van der Waals surface area (Å²) in [5, 5.41) is 0. The van der Waals surface area contributed by atoms with E-state index < -0.39 is 0 Å². The van der Waals surface area contributed by atoms with Gasteiger partial charge < -0.3 is 19.1 Å². The van der Waals surface area contributed by atoms with Crippen LogP contribution < -0.4 is 19.1 Å². The third-order valence-electron chi connectivity index (χ3n) is 4.53. The molecule has 0 unspecified atom stereocenters. The number of nitrogens with zero attached hydrogens (tertiary/aromatic N) is 3. The zero-order valence-corrected chi connectivity index (χ0v) is 15.1. The first kappa shape index (κ1) is 17.4. The van der Waals surface area contributed by atoms with Gasteiger partial charge in [-0.15, -0.1) is 0 Å². The van der Waals surface area contributed by atoms with Crippen LogP contribution in [0.3, 0.4) is 0 Å². The van der Waals surface area contributed by atoms with Gasteiger partial charge >= 0.3 is 0 Å². The summed E-state index contributed by atoms with van der Waals surface area (Å²) in [4.78, 5) is 9.18. The van der Waals surface area contributed by atoms with Crippen molar-refractivity contribution in [3.8, 4) is 17.2 Å². The number of aromatic nitrogens is 1. The van der Waals surface area contributed by atoms with Crippen molar-refractivity contribution >= 4 is 5.82 Å². The fraction of sp³-hybridized carbons (Fsp3) is 0.421. The molecule has 134 valence electrons. The molecule has 0 bridgehead atoms. The lowest BCUT2D eigenvalue weighted by atomic mass is 10.1. The van der Waals surface area contributed by atoms with Gasteiger partial charge in [-0.2, -0.15) is 0 Å². The molecule has 0 spiro atoms. The number of ether oxygens (including phenoxy) is 3. The average Bonchev–Trinajstić information content (AvgIpc) is 2.69. The van der Waals surface area contributed by atoms with E-state index in [0.29, 0.717) is 5.75 Å². The quantitative estimate of drug-likeness (QED) is 0.803. The van der Waals surface area contributed by atoms with Crippen molar-refractivity contribution in [1.29, 1.82) is 0 Å². The molecule has 0 amide bonds. The average molecular weight is 343 g/mol. The molecule has 1 aromatic heterocycles. The van der Waals surface area contributed by atoms with E-state index in [1.165, 1.54) is 0 Å². The number of methoxy groups -OCH3 is 3. The summed E-state index contributed by atoms with van der Waals surface area (Å²) in [6, 6.07) is 9.93. The Kier molecular flexibility index (Phi) is 5.60. The third-order valence-corrected chi connectivity index (χ3v) is 4.53. The van der Waals surface area contributed by atoms with E-state index in [0.717, 1.165) is 55.6 Å². The highest BCUT2D eigenvalue weighted by molar-refractivity contribution is 5.50. The smallest absolute Gasteiger partial charge is 0.164 e. The fourth-order valence-corrected chi connectivity index (χ4v) is 3.13. The Labute approximate surface area is 148 Å². The molecule has 0 saturated carbocycles. The lowest BCUT2D eigenvalue weighted by molar-refractivity contribution is 0.244. The van der Waals surface area contributed by atoms with Gasteiger partial charge in [-0.1, -0.05) is 6.07 Å².